The van der Waals surface area contributed by atoms with Gasteiger partial charge in [0.15, 0.2) is 11.6 Å². The predicted molar refractivity (Wildman–Crippen MR) is 146 cm³/mol. The number of methoxy groups -OCH3 is 1. The Morgan fingerprint density at radius 3 is 2.03 bits per heavy atom. The molecule has 3 heteroatoms. The Bertz CT molecular complexity index is 921. The van der Waals surface area contributed by atoms with Crippen LogP contribution in [-0.2, 0) is 11.2 Å². The van der Waals surface area contributed by atoms with Gasteiger partial charge < -0.3 is 4.74 Å². The minimum atomic E-state index is -0.698. The molecular formula is C33H46F2O. The zero-order chi connectivity index (χ0) is 25.3. The van der Waals surface area contributed by atoms with E-state index >= 15 is 4.39 Å². The lowest BCUT2D eigenvalue weighted by Gasteiger charge is -2.29. The molecule has 2 aromatic carbocycles. The van der Waals surface area contributed by atoms with E-state index < -0.39 is 11.6 Å². The van der Waals surface area contributed by atoms with Gasteiger partial charge in [-0.1, -0.05) is 81.8 Å². The molecule has 0 radical (unpaired) electrons. The van der Waals surface area contributed by atoms with Crippen molar-refractivity contribution in [3.8, 4) is 11.1 Å². The highest BCUT2D eigenvalue weighted by atomic mass is 19.2. The summed E-state index contributed by atoms with van der Waals surface area (Å²) in [6.45, 7) is 3.11. The number of hydrogen-bond acceptors (Lipinski definition) is 1. The molecule has 0 unspecified atom stereocenters. The molecule has 1 nitrogen and oxygen atoms in total. The minimum Gasteiger partial charge on any atom is -0.384 e. The minimum absolute atomic E-state index is 0.377. The number of aryl methyl sites for hydroxylation is 1. The quantitative estimate of drug-likeness (QED) is 0.281. The van der Waals surface area contributed by atoms with E-state index in [4.69, 9.17) is 4.74 Å². The summed E-state index contributed by atoms with van der Waals surface area (Å²) in [6.07, 6.45) is 16.8. The average Bonchev–Trinajstić information content (AvgIpc) is 2.91. The van der Waals surface area contributed by atoms with Crippen LogP contribution in [0.15, 0.2) is 36.4 Å². The van der Waals surface area contributed by atoms with Gasteiger partial charge in [-0.3, -0.25) is 0 Å². The summed E-state index contributed by atoms with van der Waals surface area (Å²) in [6, 6.07) is 11.8. The van der Waals surface area contributed by atoms with Crippen LogP contribution in [0.3, 0.4) is 0 Å². The lowest BCUT2D eigenvalue weighted by Crippen LogP contribution is -2.18. The van der Waals surface area contributed by atoms with E-state index in [9.17, 15) is 4.39 Å². The van der Waals surface area contributed by atoms with Crippen LogP contribution in [0.25, 0.3) is 11.1 Å². The Balaban J connectivity index is 1.31. The first-order valence-corrected chi connectivity index (χ1v) is 14.6. The Kier molecular flexibility index (Phi) is 10.4. The van der Waals surface area contributed by atoms with E-state index in [-0.39, 0.29) is 0 Å². The summed E-state index contributed by atoms with van der Waals surface area (Å²) in [7, 11) is 1.77. The van der Waals surface area contributed by atoms with Crippen molar-refractivity contribution in [2.24, 2.45) is 17.8 Å². The fourth-order valence-corrected chi connectivity index (χ4v) is 6.69. The molecule has 198 valence electrons. The normalized spacial score (nSPS) is 24.7. The smallest absolute Gasteiger partial charge is 0.166 e. The summed E-state index contributed by atoms with van der Waals surface area (Å²) in [5.41, 5.74) is 3.01. The van der Waals surface area contributed by atoms with Crippen molar-refractivity contribution < 1.29 is 13.5 Å². The van der Waals surface area contributed by atoms with Gasteiger partial charge in [-0.15, -0.1) is 0 Å². The van der Waals surface area contributed by atoms with Gasteiger partial charge >= 0.3 is 0 Å². The molecule has 0 aromatic heterocycles. The standard InChI is InChI=1S/C33H46F2O/c1-3-4-5-6-24-11-14-27(15-12-24)28-17-19-29(20-18-28)31-22-21-30(32(34)33(31)35)16-13-25-7-9-26(10-8-25)23-36-2/h17-22,24-27H,3-16,23H2,1-2H3. The number of halogens is 2. The molecule has 0 amide bonds. The first-order valence-electron chi connectivity index (χ1n) is 14.6. The summed E-state index contributed by atoms with van der Waals surface area (Å²) in [5, 5.41) is 0. The molecule has 0 spiro atoms. The molecule has 2 saturated carbocycles. The van der Waals surface area contributed by atoms with Crippen molar-refractivity contribution in [1.29, 1.82) is 0 Å². The SMILES string of the molecule is CCCCCC1CCC(c2ccc(-c3ccc(CCC4CCC(COC)CC4)c(F)c3F)cc2)CC1. The van der Waals surface area contributed by atoms with Crippen LogP contribution in [0.1, 0.15) is 107 Å². The molecule has 2 aliphatic carbocycles. The summed E-state index contributed by atoms with van der Waals surface area (Å²) in [5.74, 6) is 1.42. The van der Waals surface area contributed by atoms with Gasteiger partial charge in [-0.25, -0.2) is 8.78 Å². The molecule has 2 fully saturated rings. The Hall–Kier alpha value is -1.74. The molecule has 0 bridgehead atoms. The van der Waals surface area contributed by atoms with E-state index in [0.29, 0.717) is 35.3 Å². The third kappa shape index (κ3) is 7.18. The fourth-order valence-electron chi connectivity index (χ4n) is 6.69. The fraction of sp³-hybridized carbons (Fsp3) is 0.636. The first kappa shape index (κ1) is 27.3. The third-order valence-corrected chi connectivity index (χ3v) is 9.11. The van der Waals surface area contributed by atoms with Gasteiger partial charge in [0.05, 0.1) is 0 Å². The van der Waals surface area contributed by atoms with Gasteiger partial charge in [0, 0.05) is 19.3 Å². The van der Waals surface area contributed by atoms with Crippen LogP contribution >= 0.6 is 0 Å². The zero-order valence-corrected chi connectivity index (χ0v) is 22.5. The largest absolute Gasteiger partial charge is 0.384 e. The highest BCUT2D eigenvalue weighted by Gasteiger charge is 2.24. The van der Waals surface area contributed by atoms with Gasteiger partial charge in [-0.05, 0) is 91.7 Å². The summed E-state index contributed by atoms with van der Waals surface area (Å²) >= 11 is 0. The molecule has 2 aromatic rings. The van der Waals surface area contributed by atoms with Crippen LogP contribution in [0.4, 0.5) is 8.78 Å². The van der Waals surface area contributed by atoms with Crippen LogP contribution < -0.4 is 0 Å². The molecule has 0 atom stereocenters. The van der Waals surface area contributed by atoms with Gasteiger partial charge in [0.25, 0.3) is 0 Å². The van der Waals surface area contributed by atoms with Crippen molar-refractivity contribution in [3.63, 3.8) is 0 Å². The van der Waals surface area contributed by atoms with Crippen LogP contribution in [0.5, 0.6) is 0 Å². The number of hydrogen-bond donors (Lipinski definition) is 0. The molecule has 4 rings (SSSR count). The second-order valence-electron chi connectivity index (χ2n) is 11.6. The van der Waals surface area contributed by atoms with Crippen molar-refractivity contribution in [3.05, 3.63) is 59.2 Å². The predicted octanol–water partition coefficient (Wildman–Crippen LogP) is 9.87. The number of benzene rings is 2. The maximum absolute atomic E-state index is 15.1. The maximum Gasteiger partial charge on any atom is 0.166 e. The molecule has 0 heterocycles. The van der Waals surface area contributed by atoms with Gasteiger partial charge in [0.1, 0.15) is 0 Å². The summed E-state index contributed by atoms with van der Waals surface area (Å²) in [4.78, 5) is 0. The van der Waals surface area contributed by atoms with Crippen molar-refractivity contribution in [1.82, 2.24) is 0 Å². The number of rotatable bonds is 11. The topological polar surface area (TPSA) is 9.23 Å². The molecule has 0 aliphatic heterocycles. The maximum atomic E-state index is 15.1. The Labute approximate surface area is 218 Å². The van der Waals surface area contributed by atoms with Crippen molar-refractivity contribution in [2.45, 2.75) is 103 Å². The number of ether oxygens (including phenoxy) is 1. The monoisotopic (exact) mass is 496 g/mol. The lowest BCUT2D eigenvalue weighted by atomic mass is 9.77. The van der Waals surface area contributed by atoms with Crippen molar-refractivity contribution in [2.75, 3.05) is 13.7 Å². The molecular weight excluding hydrogens is 450 g/mol. The van der Waals surface area contributed by atoms with E-state index in [1.807, 2.05) is 12.1 Å². The highest BCUT2D eigenvalue weighted by Crippen LogP contribution is 2.39. The number of unbranched alkanes of at least 4 members (excludes halogenated alkanes) is 2. The van der Waals surface area contributed by atoms with E-state index in [1.54, 1.807) is 19.2 Å². The van der Waals surface area contributed by atoms with Crippen LogP contribution in [0.2, 0.25) is 0 Å². The molecule has 0 N–H and O–H groups in total. The molecule has 36 heavy (non-hydrogen) atoms. The molecule has 0 saturated heterocycles. The Morgan fingerprint density at radius 2 is 1.36 bits per heavy atom. The second kappa shape index (κ2) is 13.7. The van der Waals surface area contributed by atoms with Gasteiger partial charge in [0.2, 0.25) is 0 Å². The van der Waals surface area contributed by atoms with Crippen LogP contribution in [-0.4, -0.2) is 13.7 Å². The van der Waals surface area contributed by atoms with E-state index in [2.05, 4.69) is 19.1 Å². The average molecular weight is 497 g/mol. The summed E-state index contributed by atoms with van der Waals surface area (Å²) < 4.78 is 35.4. The van der Waals surface area contributed by atoms with Crippen molar-refractivity contribution >= 4 is 0 Å². The van der Waals surface area contributed by atoms with Gasteiger partial charge in [-0.2, -0.15) is 0 Å². The lowest BCUT2D eigenvalue weighted by molar-refractivity contribution is 0.117. The Morgan fingerprint density at radius 1 is 0.722 bits per heavy atom. The van der Waals surface area contributed by atoms with E-state index in [1.165, 1.54) is 82.6 Å². The van der Waals surface area contributed by atoms with Crippen LogP contribution in [0, 0.1) is 29.4 Å². The van der Waals surface area contributed by atoms with E-state index in [0.717, 1.165) is 24.5 Å². The second-order valence-corrected chi connectivity index (χ2v) is 11.6. The highest BCUT2D eigenvalue weighted by molar-refractivity contribution is 5.65. The first-order chi connectivity index (χ1) is 17.6. The molecule has 2 aliphatic rings. The third-order valence-electron chi connectivity index (χ3n) is 9.11. The zero-order valence-electron chi connectivity index (χ0n) is 22.5.